The van der Waals surface area contributed by atoms with Crippen LogP contribution in [0.5, 0.6) is 0 Å². The van der Waals surface area contributed by atoms with Crippen LogP contribution in [0.25, 0.3) is 0 Å². The summed E-state index contributed by atoms with van der Waals surface area (Å²) < 4.78 is 0. The smallest absolute Gasteiger partial charge is 0.253 e. The van der Waals surface area contributed by atoms with Gasteiger partial charge < -0.3 is 10.0 Å². The largest absolute Gasteiger partial charge is 0.391 e. The number of hydrogen-bond donors (Lipinski definition) is 1. The number of carbonyl (C=O) groups excluding carboxylic acids is 1. The third kappa shape index (κ3) is 3.64. The molecule has 1 aliphatic heterocycles. The predicted octanol–water partition coefficient (Wildman–Crippen LogP) is 3.70. The van der Waals surface area contributed by atoms with Gasteiger partial charge in [-0.2, -0.15) is 0 Å². The first kappa shape index (κ1) is 15.4. The third-order valence-corrected chi connectivity index (χ3v) is 4.87. The highest BCUT2D eigenvalue weighted by Crippen LogP contribution is 2.29. The fourth-order valence-electron chi connectivity index (χ4n) is 2.41. The Bertz CT molecular complexity index is 657. The van der Waals surface area contributed by atoms with Gasteiger partial charge in [0.05, 0.1) is 6.10 Å². The topological polar surface area (TPSA) is 40.5 Å². The monoisotopic (exact) mass is 333 g/mol. The maximum atomic E-state index is 12.3. The minimum absolute atomic E-state index is 0.0143. The molecule has 3 rings (SSSR count). The lowest BCUT2D eigenvalue weighted by atomic mass is 10.2. The van der Waals surface area contributed by atoms with E-state index in [2.05, 4.69) is 0 Å². The zero-order valence-electron chi connectivity index (χ0n) is 11.9. The maximum Gasteiger partial charge on any atom is 0.253 e. The van der Waals surface area contributed by atoms with Crippen LogP contribution < -0.4 is 0 Å². The molecule has 0 spiro atoms. The zero-order valence-corrected chi connectivity index (χ0v) is 13.5. The van der Waals surface area contributed by atoms with E-state index in [-0.39, 0.29) is 12.0 Å². The minimum Gasteiger partial charge on any atom is -0.391 e. The molecule has 1 atom stereocenters. The second-order valence-electron chi connectivity index (χ2n) is 5.27. The quantitative estimate of drug-likeness (QED) is 0.931. The average Bonchev–Trinajstić information content (AvgIpc) is 2.96. The lowest BCUT2D eigenvalue weighted by molar-refractivity contribution is 0.0765. The van der Waals surface area contributed by atoms with Crippen molar-refractivity contribution in [1.29, 1.82) is 0 Å². The summed E-state index contributed by atoms with van der Waals surface area (Å²) >= 11 is 7.50. The molecule has 0 saturated carbocycles. The van der Waals surface area contributed by atoms with Crippen LogP contribution >= 0.6 is 23.4 Å². The molecule has 0 aliphatic carbocycles. The highest BCUT2D eigenvalue weighted by Gasteiger charge is 2.25. The van der Waals surface area contributed by atoms with Crippen LogP contribution in [-0.4, -0.2) is 35.1 Å². The van der Waals surface area contributed by atoms with Crippen LogP contribution in [0.2, 0.25) is 5.02 Å². The molecule has 1 amide bonds. The van der Waals surface area contributed by atoms with Crippen LogP contribution in [0.4, 0.5) is 0 Å². The summed E-state index contributed by atoms with van der Waals surface area (Å²) in [7, 11) is 0. The second-order valence-corrected chi connectivity index (χ2v) is 6.86. The summed E-state index contributed by atoms with van der Waals surface area (Å²) in [6.07, 6.45) is 0.277. The number of β-amino-alcohol motifs (C(OH)–C–C–N with tert-alkyl or cyclic N) is 1. The van der Waals surface area contributed by atoms with Crippen molar-refractivity contribution >= 4 is 29.3 Å². The van der Waals surface area contributed by atoms with Gasteiger partial charge in [0.15, 0.2) is 0 Å². The molecule has 3 nitrogen and oxygen atoms in total. The molecule has 5 heteroatoms. The zero-order chi connectivity index (χ0) is 15.5. The highest BCUT2D eigenvalue weighted by atomic mass is 35.5. The van der Waals surface area contributed by atoms with E-state index in [1.165, 1.54) is 0 Å². The van der Waals surface area contributed by atoms with Crippen molar-refractivity contribution in [2.45, 2.75) is 22.3 Å². The van der Waals surface area contributed by atoms with Crippen molar-refractivity contribution in [2.24, 2.45) is 0 Å². The van der Waals surface area contributed by atoms with Gasteiger partial charge in [-0.1, -0.05) is 23.4 Å². The molecule has 1 N–H and O–H groups in total. The Labute approximate surface area is 138 Å². The Morgan fingerprint density at radius 3 is 2.23 bits per heavy atom. The molecule has 2 aromatic carbocycles. The number of rotatable bonds is 3. The summed E-state index contributed by atoms with van der Waals surface area (Å²) in [5, 5.41) is 10.2. The molecular weight excluding hydrogens is 318 g/mol. The molecule has 1 aliphatic rings. The van der Waals surface area contributed by atoms with Crippen molar-refractivity contribution in [3.8, 4) is 0 Å². The Kier molecular flexibility index (Phi) is 4.71. The molecule has 0 unspecified atom stereocenters. The van der Waals surface area contributed by atoms with E-state index in [1.54, 1.807) is 16.7 Å². The number of aliphatic hydroxyl groups excluding tert-OH is 1. The van der Waals surface area contributed by atoms with E-state index in [9.17, 15) is 9.90 Å². The summed E-state index contributed by atoms with van der Waals surface area (Å²) in [5.41, 5.74) is 0.662. The fraction of sp³-hybridized carbons (Fsp3) is 0.235. The molecule has 1 heterocycles. The maximum absolute atomic E-state index is 12.3. The molecule has 1 saturated heterocycles. The number of halogens is 1. The Morgan fingerprint density at radius 1 is 1.09 bits per heavy atom. The van der Waals surface area contributed by atoms with E-state index >= 15 is 0 Å². The normalized spacial score (nSPS) is 17.7. The van der Waals surface area contributed by atoms with Crippen LogP contribution in [0.1, 0.15) is 16.8 Å². The fourth-order valence-corrected chi connectivity index (χ4v) is 3.36. The standard InChI is InChI=1S/C17H16ClNO2S/c18-13-3-7-16(8-4-13)22-15-5-1-12(2-6-15)17(21)19-10-9-14(20)11-19/h1-8,14,20H,9-11H2/t14-/m0/s1. The van der Waals surface area contributed by atoms with Crippen molar-refractivity contribution in [3.63, 3.8) is 0 Å². The first-order valence-electron chi connectivity index (χ1n) is 7.12. The van der Waals surface area contributed by atoms with Gasteiger partial charge in [0.1, 0.15) is 0 Å². The van der Waals surface area contributed by atoms with Crippen molar-refractivity contribution in [1.82, 2.24) is 4.90 Å². The summed E-state index contributed by atoms with van der Waals surface area (Å²) in [6.45, 7) is 1.06. The van der Waals surface area contributed by atoms with E-state index in [0.717, 1.165) is 14.8 Å². The van der Waals surface area contributed by atoms with Crippen LogP contribution in [0.15, 0.2) is 58.3 Å². The van der Waals surface area contributed by atoms with Crippen LogP contribution in [-0.2, 0) is 0 Å². The van der Waals surface area contributed by atoms with Crippen molar-refractivity contribution in [2.75, 3.05) is 13.1 Å². The third-order valence-electron chi connectivity index (χ3n) is 3.60. The number of likely N-dealkylation sites (tertiary alicyclic amines) is 1. The van der Waals surface area contributed by atoms with Gasteiger partial charge in [0, 0.05) is 33.5 Å². The van der Waals surface area contributed by atoms with Crippen molar-refractivity contribution in [3.05, 3.63) is 59.1 Å². The molecule has 114 valence electrons. The van der Waals surface area contributed by atoms with Gasteiger partial charge in [-0.25, -0.2) is 0 Å². The van der Waals surface area contributed by atoms with E-state index in [4.69, 9.17) is 11.6 Å². The lowest BCUT2D eigenvalue weighted by Gasteiger charge is -2.15. The van der Waals surface area contributed by atoms with Gasteiger partial charge in [-0.05, 0) is 55.0 Å². The van der Waals surface area contributed by atoms with Crippen LogP contribution in [0.3, 0.4) is 0 Å². The predicted molar refractivity (Wildman–Crippen MR) is 88.5 cm³/mol. The van der Waals surface area contributed by atoms with E-state index in [0.29, 0.717) is 25.1 Å². The average molecular weight is 334 g/mol. The minimum atomic E-state index is -0.385. The number of hydrogen-bond acceptors (Lipinski definition) is 3. The van der Waals surface area contributed by atoms with Gasteiger partial charge in [0.2, 0.25) is 0 Å². The molecular formula is C17H16ClNO2S. The van der Waals surface area contributed by atoms with Crippen LogP contribution in [0, 0.1) is 0 Å². The SMILES string of the molecule is O=C(c1ccc(Sc2ccc(Cl)cc2)cc1)N1CC[C@H](O)C1. The van der Waals surface area contributed by atoms with Crippen molar-refractivity contribution < 1.29 is 9.90 Å². The van der Waals surface area contributed by atoms with Gasteiger partial charge >= 0.3 is 0 Å². The van der Waals surface area contributed by atoms with E-state index in [1.807, 2.05) is 48.5 Å². The summed E-state index contributed by atoms with van der Waals surface area (Å²) in [6, 6.07) is 15.2. The molecule has 1 fully saturated rings. The summed E-state index contributed by atoms with van der Waals surface area (Å²) in [4.78, 5) is 16.2. The molecule has 0 aromatic heterocycles. The first-order chi connectivity index (χ1) is 10.6. The molecule has 0 bridgehead atoms. The Balaban J connectivity index is 1.67. The van der Waals surface area contributed by atoms with Gasteiger partial charge in [-0.15, -0.1) is 0 Å². The second kappa shape index (κ2) is 6.73. The Morgan fingerprint density at radius 2 is 1.68 bits per heavy atom. The number of carbonyl (C=O) groups is 1. The molecule has 2 aromatic rings. The van der Waals surface area contributed by atoms with E-state index < -0.39 is 0 Å². The number of aliphatic hydroxyl groups is 1. The molecule has 22 heavy (non-hydrogen) atoms. The molecule has 0 radical (unpaired) electrons. The van der Waals surface area contributed by atoms with Gasteiger partial charge in [-0.3, -0.25) is 4.79 Å². The number of nitrogens with zero attached hydrogens (tertiary/aromatic N) is 1. The first-order valence-corrected chi connectivity index (χ1v) is 8.32. The lowest BCUT2D eigenvalue weighted by Crippen LogP contribution is -2.29. The van der Waals surface area contributed by atoms with Gasteiger partial charge in [0.25, 0.3) is 5.91 Å². The highest BCUT2D eigenvalue weighted by molar-refractivity contribution is 7.99. The number of benzene rings is 2. The Hall–Kier alpha value is -1.49. The number of amides is 1. The summed E-state index contributed by atoms with van der Waals surface area (Å²) in [5.74, 6) is -0.0143.